The monoisotopic (exact) mass is 490 g/mol. The highest BCUT2D eigenvalue weighted by atomic mass is 79.9. The molecular formula is C25H16Br2O. The topological polar surface area (TPSA) is 17.1 Å². The first-order valence-electron chi connectivity index (χ1n) is 8.88. The highest BCUT2D eigenvalue weighted by molar-refractivity contribution is 9.10. The zero-order valence-electron chi connectivity index (χ0n) is 14.9. The Balaban J connectivity index is 1.82. The average Bonchev–Trinajstić information content (AvgIpc) is 2.74. The van der Waals surface area contributed by atoms with Crippen molar-refractivity contribution in [3.63, 3.8) is 0 Å². The molecule has 1 nitrogen and oxygen atoms in total. The Kier molecular flexibility index (Phi) is 5.56. The van der Waals surface area contributed by atoms with E-state index >= 15 is 0 Å². The maximum Gasteiger partial charge on any atom is 0.194 e. The van der Waals surface area contributed by atoms with Crippen LogP contribution in [0.3, 0.4) is 0 Å². The second kappa shape index (κ2) is 8.26. The van der Waals surface area contributed by atoms with Crippen molar-refractivity contribution in [1.82, 2.24) is 0 Å². The molecule has 0 atom stereocenters. The van der Waals surface area contributed by atoms with Crippen LogP contribution in [0, 0.1) is 0 Å². The van der Waals surface area contributed by atoms with Crippen molar-refractivity contribution in [2.75, 3.05) is 0 Å². The quantitative estimate of drug-likeness (QED) is 0.266. The molecule has 4 aromatic carbocycles. The molecule has 4 rings (SSSR count). The zero-order valence-corrected chi connectivity index (χ0v) is 18.1. The third-order valence-corrected chi connectivity index (χ3v) is 5.71. The van der Waals surface area contributed by atoms with Gasteiger partial charge in [-0.25, -0.2) is 0 Å². The van der Waals surface area contributed by atoms with Crippen LogP contribution in [0.1, 0.15) is 15.9 Å². The lowest BCUT2D eigenvalue weighted by Crippen LogP contribution is -2.05. The molecule has 0 aromatic heterocycles. The fourth-order valence-electron chi connectivity index (χ4n) is 3.27. The molecule has 0 heterocycles. The summed E-state index contributed by atoms with van der Waals surface area (Å²) in [6.07, 6.45) is 0. The van der Waals surface area contributed by atoms with E-state index in [4.69, 9.17) is 0 Å². The maximum absolute atomic E-state index is 13.5. The first-order valence-corrected chi connectivity index (χ1v) is 10.5. The van der Waals surface area contributed by atoms with Crippen molar-refractivity contribution < 1.29 is 4.79 Å². The molecule has 0 spiro atoms. The van der Waals surface area contributed by atoms with Crippen molar-refractivity contribution in [2.45, 2.75) is 0 Å². The molecule has 0 radical (unpaired) electrons. The number of rotatable bonds is 4. The Bertz CT molecular complexity index is 1040. The van der Waals surface area contributed by atoms with E-state index < -0.39 is 0 Å². The van der Waals surface area contributed by atoms with E-state index in [0.717, 1.165) is 31.2 Å². The summed E-state index contributed by atoms with van der Waals surface area (Å²) in [5, 5.41) is 0. The Morgan fingerprint density at radius 2 is 0.857 bits per heavy atom. The standard InChI is InChI=1S/C25H16Br2O/c26-19-13-9-17(10-14-19)21-5-1-3-7-23(21)25(28)24-8-4-2-6-22(24)18-11-15-20(27)16-12-18/h1-16H. The Morgan fingerprint density at radius 1 is 0.500 bits per heavy atom. The number of carbonyl (C=O) groups is 1. The molecule has 28 heavy (non-hydrogen) atoms. The minimum absolute atomic E-state index is 0.0250. The van der Waals surface area contributed by atoms with Gasteiger partial charge in [-0.3, -0.25) is 4.79 Å². The molecule has 136 valence electrons. The van der Waals surface area contributed by atoms with Crippen LogP contribution in [-0.2, 0) is 0 Å². The van der Waals surface area contributed by atoms with E-state index in [1.165, 1.54) is 0 Å². The smallest absolute Gasteiger partial charge is 0.194 e. The molecule has 0 aliphatic heterocycles. The molecule has 0 unspecified atom stereocenters. The number of halogens is 2. The third-order valence-electron chi connectivity index (χ3n) is 4.65. The second-order valence-electron chi connectivity index (χ2n) is 6.43. The summed E-state index contributed by atoms with van der Waals surface area (Å²) >= 11 is 6.94. The van der Waals surface area contributed by atoms with Crippen LogP contribution in [-0.4, -0.2) is 5.78 Å². The Hall–Kier alpha value is -2.49. The van der Waals surface area contributed by atoms with Gasteiger partial charge in [0.2, 0.25) is 0 Å². The Labute approximate surface area is 181 Å². The number of carbonyl (C=O) groups excluding carboxylic acids is 1. The fourth-order valence-corrected chi connectivity index (χ4v) is 3.80. The van der Waals surface area contributed by atoms with Gasteiger partial charge in [0, 0.05) is 20.1 Å². The van der Waals surface area contributed by atoms with E-state index in [0.29, 0.717) is 11.1 Å². The van der Waals surface area contributed by atoms with Gasteiger partial charge in [-0.05, 0) is 46.5 Å². The van der Waals surface area contributed by atoms with Gasteiger partial charge in [-0.15, -0.1) is 0 Å². The highest BCUT2D eigenvalue weighted by Crippen LogP contribution is 2.31. The highest BCUT2D eigenvalue weighted by Gasteiger charge is 2.18. The molecule has 0 amide bonds. The van der Waals surface area contributed by atoms with Crippen molar-refractivity contribution in [3.8, 4) is 22.3 Å². The van der Waals surface area contributed by atoms with Crippen molar-refractivity contribution in [2.24, 2.45) is 0 Å². The number of hydrogen-bond acceptors (Lipinski definition) is 1. The van der Waals surface area contributed by atoms with Gasteiger partial charge in [0.1, 0.15) is 0 Å². The number of benzene rings is 4. The van der Waals surface area contributed by atoms with Crippen LogP contribution in [0.5, 0.6) is 0 Å². The van der Waals surface area contributed by atoms with Crippen molar-refractivity contribution in [3.05, 3.63) is 117 Å². The van der Waals surface area contributed by atoms with Gasteiger partial charge in [-0.1, -0.05) is 105 Å². The summed E-state index contributed by atoms with van der Waals surface area (Å²) in [5.74, 6) is 0.0250. The molecule has 0 aliphatic carbocycles. The van der Waals surface area contributed by atoms with Crippen LogP contribution in [0.2, 0.25) is 0 Å². The van der Waals surface area contributed by atoms with E-state index in [1.54, 1.807) is 0 Å². The predicted octanol–water partition coefficient (Wildman–Crippen LogP) is 7.78. The van der Waals surface area contributed by atoms with Crippen LogP contribution in [0.4, 0.5) is 0 Å². The predicted molar refractivity (Wildman–Crippen MR) is 123 cm³/mol. The molecular weight excluding hydrogens is 476 g/mol. The minimum atomic E-state index is 0.0250. The Morgan fingerprint density at radius 3 is 1.25 bits per heavy atom. The van der Waals surface area contributed by atoms with Crippen LogP contribution in [0.25, 0.3) is 22.3 Å². The lowest BCUT2D eigenvalue weighted by Gasteiger charge is -2.13. The van der Waals surface area contributed by atoms with Gasteiger partial charge in [-0.2, -0.15) is 0 Å². The summed E-state index contributed by atoms with van der Waals surface area (Å²) in [5.41, 5.74) is 5.32. The summed E-state index contributed by atoms with van der Waals surface area (Å²) < 4.78 is 2.03. The maximum atomic E-state index is 13.5. The lowest BCUT2D eigenvalue weighted by molar-refractivity contribution is 0.104. The van der Waals surface area contributed by atoms with Crippen LogP contribution in [0.15, 0.2) is 106 Å². The third kappa shape index (κ3) is 3.87. The number of hydrogen-bond donors (Lipinski definition) is 0. The van der Waals surface area contributed by atoms with Gasteiger partial charge in [0.25, 0.3) is 0 Å². The SMILES string of the molecule is O=C(c1ccccc1-c1ccc(Br)cc1)c1ccccc1-c1ccc(Br)cc1. The van der Waals surface area contributed by atoms with Gasteiger partial charge in [0.05, 0.1) is 0 Å². The summed E-state index contributed by atoms with van der Waals surface area (Å²) in [7, 11) is 0. The summed E-state index contributed by atoms with van der Waals surface area (Å²) in [4.78, 5) is 13.5. The summed E-state index contributed by atoms with van der Waals surface area (Å²) in [6, 6.07) is 31.6. The minimum Gasteiger partial charge on any atom is -0.289 e. The van der Waals surface area contributed by atoms with Gasteiger partial charge < -0.3 is 0 Å². The van der Waals surface area contributed by atoms with E-state index in [1.807, 2.05) is 97.1 Å². The van der Waals surface area contributed by atoms with E-state index in [-0.39, 0.29) is 5.78 Å². The average molecular weight is 492 g/mol. The van der Waals surface area contributed by atoms with Crippen LogP contribution >= 0.6 is 31.9 Å². The largest absolute Gasteiger partial charge is 0.289 e. The number of ketones is 1. The normalized spacial score (nSPS) is 10.6. The molecule has 0 saturated heterocycles. The molecule has 0 fully saturated rings. The molecule has 0 bridgehead atoms. The first-order chi connectivity index (χ1) is 13.6. The summed E-state index contributed by atoms with van der Waals surface area (Å²) in [6.45, 7) is 0. The van der Waals surface area contributed by atoms with Crippen molar-refractivity contribution >= 4 is 37.6 Å². The molecule has 0 aliphatic rings. The van der Waals surface area contributed by atoms with Crippen molar-refractivity contribution in [1.29, 1.82) is 0 Å². The molecule has 0 saturated carbocycles. The second-order valence-corrected chi connectivity index (χ2v) is 8.27. The molecule has 3 heteroatoms. The lowest BCUT2D eigenvalue weighted by atomic mass is 9.90. The van der Waals surface area contributed by atoms with Gasteiger partial charge >= 0.3 is 0 Å². The molecule has 0 N–H and O–H groups in total. The molecule has 4 aromatic rings. The van der Waals surface area contributed by atoms with Crippen LogP contribution < -0.4 is 0 Å². The first kappa shape index (κ1) is 18.9. The fraction of sp³-hybridized carbons (Fsp3) is 0. The van der Waals surface area contributed by atoms with E-state index in [2.05, 4.69) is 31.9 Å². The van der Waals surface area contributed by atoms with E-state index in [9.17, 15) is 4.79 Å². The van der Waals surface area contributed by atoms with Gasteiger partial charge in [0.15, 0.2) is 5.78 Å². The zero-order chi connectivity index (χ0) is 19.5.